The van der Waals surface area contributed by atoms with Crippen molar-refractivity contribution in [3.63, 3.8) is 0 Å². The Hall–Kier alpha value is -2.90. The second kappa shape index (κ2) is 10.2. The smallest absolute Gasteiger partial charge is 0.387 e. The monoisotopic (exact) mass is 417 g/mol. The van der Waals surface area contributed by atoms with E-state index in [0.29, 0.717) is 23.6 Å². The lowest BCUT2D eigenvalue weighted by Gasteiger charge is -2.19. The highest BCUT2D eigenvalue weighted by Crippen LogP contribution is 2.32. The number of halogens is 2. The summed E-state index contributed by atoms with van der Waals surface area (Å²) in [6.07, 6.45) is 0. The van der Waals surface area contributed by atoms with Crippen LogP contribution in [0.1, 0.15) is 24.1 Å². The summed E-state index contributed by atoms with van der Waals surface area (Å²) in [7, 11) is 1.55. The topological polar surface area (TPSA) is 60.0 Å². The normalized spacial score (nSPS) is 12.2. The molecular weight excluding hydrogens is 392 g/mol. The van der Waals surface area contributed by atoms with E-state index in [0.717, 1.165) is 16.3 Å². The van der Waals surface area contributed by atoms with Crippen LogP contribution in [0.15, 0.2) is 54.6 Å². The molecule has 160 valence electrons. The first-order valence-electron chi connectivity index (χ1n) is 9.64. The average molecular weight is 417 g/mol. The molecule has 0 aliphatic rings. The zero-order valence-corrected chi connectivity index (χ0v) is 16.9. The summed E-state index contributed by atoms with van der Waals surface area (Å²) < 4.78 is 41.4. The van der Waals surface area contributed by atoms with Crippen LogP contribution in [0.3, 0.4) is 0 Å². The van der Waals surface area contributed by atoms with E-state index in [4.69, 9.17) is 19.3 Å². The quantitative estimate of drug-likeness (QED) is 0.502. The van der Waals surface area contributed by atoms with Gasteiger partial charge in [-0.1, -0.05) is 36.4 Å². The molecule has 7 heteroatoms. The number of fused-ring (bicyclic) bond motifs is 1. The molecule has 0 saturated heterocycles. The lowest BCUT2D eigenvalue weighted by molar-refractivity contribution is -0.0503. The number of aliphatic hydroxyl groups is 1. The SMILES string of the molecule is COc1cc(C(C)NCc2c(OC(F)F)ccc3ccccc23)ccc1OCCO. The second-order valence-corrected chi connectivity index (χ2v) is 6.73. The van der Waals surface area contributed by atoms with Crippen LogP contribution in [-0.4, -0.2) is 32.0 Å². The predicted molar refractivity (Wildman–Crippen MR) is 111 cm³/mol. The van der Waals surface area contributed by atoms with Crippen molar-refractivity contribution in [1.29, 1.82) is 0 Å². The van der Waals surface area contributed by atoms with Crippen molar-refractivity contribution in [1.82, 2.24) is 5.32 Å². The van der Waals surface area contributed by atoms with Gasteiger partial charge in [0.1, 0.15) is 12.4 Å². The van der Waals surface area contributed by atoms with Crippen molar-refractivity contribution in [3.8, 4) is 17.2 Å². The largest absolute Gasteiger partial charge is 0.493 e. The Bertz CT molecular complexity index is 981. The minimum atomic E-state index is -2.89. The fourth-order valence-electron chi connectivity index (χ4n) is 3.31. The number of methoxy groups -OCH3 is 1. The predicted octanol–water partition coefficient (Wildman–Crippen LogP) is 4.67. The number of alkyl halides is 2. The molecule has 0 aliphatic carbocycles. The summed E-state index contributed by atoms with van der Waals surface area (Å²) in [6.45, 7) is -0.482. The van der Waals surface area contributed by atoms with E-state index >= 15 is 0 Å². The fourth-order valence-corrected chi connectivity index (χ4v) is 3.31. The molecule has 0 bridgehead atoms. The number of benzene rings is 3. The van der Waals surface area contributed by atoms with Crippen LogP contribution in [-0.2, 0) is 6.54 Å². The number of hydrogen-bond acceptors (Lipinski definition) is 5. The molecule has 3 aromatic rings. The van der Waals surface area contributed by atoms with Gasteiger partial charge in [-0.05, 0) is 41.5 Å². The van der Waals surface area contributed by atoms with Crippen molar-refractivity contribution in [2.45, 2.75) is 26.1 Å². The van der Waals surface area contributed by atoms with Crippen molar-refractivity contribution in [2.75, 3.05) is 20.3 Å². The summed E-state index contributed by atoms with van der Waals surface area (Å²) >= 11 is 0. The van der Waals surface area contributed by atoms with E-state index in [1.54, 1.807) is 25.3 Å². The Balaban J connectivity index is 1.81. The average Bonchev–Trinajstić information content (AvgIpc) is 2.76. The van der Waals surface area contributed by atoms with Gasteiger partial charge in [-0.15, -0.1) is 0 Å². The maximum absolute atomic E-state index is 12.9. The van der Waals surface area contributed by atoms with Gasteiger partial charge in [0.15, 0.2) is 11.5 Å². The standard InChI is InChI=1S/C23H25F2NO4/c1-15(17-8-10-21(29-12-11-27)22(13-17)28-2)26-14-19-18-6-4-3-5-16(18)7-9-20(19)30-23(24)25/h3-10,13,15,23,26-27H,11-12,14H2,1-2H3. The molecule has 0 heterocycles. The van der Waals surface area contributed by atoms with Gasteiger partial charge in [0.25, 0.3) is 0 Å². The van der Waals surface area contributed by atoms with Gasteiger partial charge in [0.05, 0.1) is 13.7 Å². The van der Waals surface area contributed by atoms with E-state index in [9.17, 15) is 8.78 Å². The maximum atomic E-state index is 12.9. The molecule has 0 aliphatic heterocycles. The van der Waals surface area contributed by atoms with Crippen LogP contribution in [0.5, 0.6) is 17.2 Å². The van der Waals surface area contributed by atoms with Crippen LogP contribution < -0.4 is 19.5 Å². The minimum Gasteiger partial charge on any atom is -0.493 e. The van der Waals surface area contributed by atoms with E-state index in [2.05, 4.69) is 5.32 Å². The molecule has 0 aromatic heterocycles. The Morgan fingerprint density at radius 1 is 1.00 bits per heavy atom. The number of ether oxygens (including phenoxy) is 3. The third-order valence-electron chi connectivity index (χ3n) is 4.84. The summed E-state index contributed by atoms with van der Waals surface area (Å²) in [4.78, 5) is 0. The Morgan fingerprint density at radius 3 is 2.50 bits per heavy atom. The summed E-state index contributed by atoms with van der Waals surface area (Å²) in [5.41, 5.74) is 1.62. The molecule has 3 aromatic carbocycles. The van der Waals surface area contributed by atoms with Crippen LogP contribution in [0.25, 0.3) is 10.8 Å². The van der Waals surface area contributed by atoms with Crippen LogP contribution in [0, 0.1) is 0 Å². The van der Waals surface area contributed by atoms with Gasteiger partial charge in [-0.25, -0.2) is 0 Å². The van der Waals surface area contributed by atoms with Crippen LogP contribution in [0.4, 0.5) is 8.78 Å². The van der Waals surface area contributed by atoms with E-state index in [-0.39, 0.29) is 25.0 Å². The first-order valence-corrected chi connectivity index (χ1v) is 9.64. The molecular formula is C23H25F2NO4. The van der Waals surface area contributed by atoms with Gasteiger partial charge in [-0.3, -0.25) is 0 Å². The van der Waals surface area contributed by atoms with Crippen LogP contribution >= 0.6 is 0 Å². The number of nitrogens with one attached hydrogen (secondary N) is 1. The van der Waals surface area contributed by atoms with Crippen molar-refractivity contribution < 1.29 is 28.1 Å². The molecule has 1 unspecified atom stereocenters. The lowest BCUT2D eigenvalue weighted by atomic mass is 10.0. The molecule has 30 heavy (non-hydrogen) atoms. The third-order valence-corrected chi connectivity index (χ3v) is 4.84. The molecule has 2 N–H and O–H groups in total. The van der Waals surface area contributed by atoms with Crippen molar-refractivity contribution in [2.24, 2.45) is 0 Å². The van der Waals surface area contributed by atoms with E-state index in [1.165, 1.54) is 0 Å². The van der Waals surface area contributed by atoms with Gasteiger partial charge < -0.3 is 24.6 Å². The van der Waals surface area contributed by atoms with Gasteiger partial charge >= 0.3 is 6.61 Å². The van der Waals surface area contributed by atoms with Crippen molar-refractivity contribution in [3.05, 3.63) is 65.7 Å². The van der Waals surface area contributed by atoms with E-state index in [1.807, 2.05) is 43.3 Å². The zero-order valence-electron chi connectivity index (χ0n) is 16.9. The highest BCUT2D eigenvalue weighted by molar-refractivity contribution is 5.87. The molecule has 1 atom stereocenters. The molecule has 0 saturated carbocycles. The Morgan fingerprint density at radius 2 is 1.77 bits per heavy atom. The number of rotatable bonds is 10. The molecule has 0 radical (unpaired) electrons. The Labute approximate surface area is 174 Å². The Kier molecular flexibility index (Phi) is 7.43. The van der Waals surface area contributed by atoms with Gasteiger partial charge in [0, 0.05) is 18.2 Å². The molecule has 0 amide bonds. The zero-order chi connectivity index (χ0) is 21.5. The van der Waals surface area contributed by atoms with Crippen molar-refractivity contribution >= 4 is 10.8 Å². The molecule has 0 spiro atoms. The van der Waals surface area contributed by atoms with Gasteiger partial charge in [0.2, 0.25) is 0 Å². The van der Waals surface area contributed by atoms with Gasteiger partial charge in [-0.2, -0.15) is 8.78 Å². The summed E-state index contributed by atoms with van der Waals surface area (Å²) in [5, 5.41) is 14.1. The second-order valence-electron chi connectivity index (χ2n) is 6.73. The van der Waals surface area contributed by atoms with Crippen LogP contribution in [0.2, 0.25) is 0 Å². The first-order chi connectivity index (χ1) is 14.5. The number of hydrogen-bond donors (Lipinski definition) is 2. The maximum Gasteiger partial charge on any atom is 0.387 e. The third kappa shape index (κ3) is 5.17. The minimum absolute atomic E-state index is 0.0864. The first kappa shape index (κ1) is 21.8. The lowest BCUT2D eigenvalue weighted by Crippen LogP contribution is -2.19. The fraction of sp³-hybridized carbons (Fsp3) is 0.304. The molecule has 3 rings (SSSR count). The summed E-state index contributed by atoms with van der Waals surface area (Å²) in [5.74, 6) is 1.26. The number of aliphatic hydroxyl groups excluding tert-OH is 1. The molecule has 5 nitrogen and oxygen atoms in total. The highest BCUT2D eigenvalue weighted by Gasteiger charge is 2.15. The van der Waals surface area contributed by atoms with E-state index < -0.39 is 6.61 Å². The molecule has 0 fully saturated rings. The highest BCUT2D eigenvalue weighted by atomic mass is 19.3. The summed E-state index contributed by atoms with van der Waals surface area (Å²) in [6, 6.07) is 16.4.